The van der Waals surface area contributed by atoms with E-state index in [4.69, 9.17) is 4.74 Å². The maximum atomic E-state index is 12.6. The second kappa shape index (κ2) is 12.1. The number of esters is 1. The van der Waals surface area contributed by atoms with Crippen molar-refractivity contribution in [2.75, 3.05) is 20.2 Å². The van der Waals surface area contributed by atoms with Gasteiger partial charge < -0.3 is 20.7 Å². The van der Waals surface area contributed by atoms with E-state index in [-0.39, 0.29) is 19.0 Å². The number of nitrogens with one attached hydrogen (secondary N) is 3. The summed E-state index contributed by atoms with van der Waals surface area (Å²) in [6, 6.07) is 15.6. The minimum Gasteiger partial charge on any atom is -0.467 e. The van der Waals surface area contributed by atoms with E-state index in [1.807, 2.05) is 30.3 Å². The zero-order valence-electron chi connectivity index (χ0n) is 18.3. The fraction of sp³-hybridized carbons (Fsp3) is 0.269. The molecule has 0 saturated heterocycles. The van der Waals surface area contributed by atoms with Crippen LogP contribution in [0.1, 0.15) is 34.3 Å². The van der Waals surface area contributed by atoms with E-state index < -0.39 is 17.9 Å². The van der Waals surface area contributed by atoms with Gasteiger partial charge in [-0.1, -0.05) is 30.0 Å². The van der Waals surface area contributed by atoms with E-state index in [0.29, 0.717) is 17.2 Å². The predicted molar refractivity (Wildman–Crippen MR) is 124 cm³/mol. The zero-order valence-corrected chi connectivity index (χ0v) is 18.3. The molecule has 0 spiro atoms. The summed E-state index contributed by atoms with van der Waals surface area (Å²) in [5.41, 5.74) is 1.94. The smallest absolute Gasteiger partial charge is 0.330 e. The van der Waals surface area contributed by atoms with Crippen LogP contribution in [0.15, 0.2) is 54.6 Å². The number of ether oxygens (including phenoxy) is 1. The van der Waals surface area contributed by atoms with Crippen molar-refractivity contribution in [2.45, 2.75) is 24.9 Å². The number of hydrogen-bond acceptors (Lipinski definition) is 5. The van der Waals surface area contributed by atoms with Gasteiger partial charge in [0.15, 0.2) is 0 Å². The lowest BCUT2D eigenvalue weighted by molar-refractivity contribution is -0.142. The summed E-state index contributed by atoms with van der Waals surface area (Å²) < 4.78 is 4.74. The van der Waals surface area contributed by atoms with Gasteiger partial charge in [-0.3, -0.25) is 9.59 Å². The molecule has 1 atom stereocenters. The number of amides is 2. The molecule has 2 aromatic carbocycles. The molecule has 1 saturated carbocycles. The lowest BCUT2D eigenvalue weighted by Crippen LogP contribution is -2.50. The molecule has 33 heavy (non-hydrogen) atoms. The normalized spacial score (nSPS) is 12.8. The van der Waals surface area contributed by atoms with Crippen molar-refractivity contribution in [1.82, 2.24) is 16.0 Å². The highest BCUT2D eigenvalue weighted by atomic mass is 16.5. The maximum Gasteiger partial charge on any atom is 0.330 e. The first-order chi connectivity index (χ1) is 16.0. The van der Waals surface area contributed by atoms with Crippen LogP contribution in [0, 0.1) is 23.7 Å². The van der Waals surface area contributed by atoms with Crippen molar-refractivity contribution in [3.63, 3.8) is 0 Å². The molecule has 1 unspecified atom stereocenters. The van der Waals surface area contributed by atoms with E-state index >= 15 is 0 Å². The highest BCUT2D eigenvalue weighted by Crippen LogP contribution is 2.17. The molecule has 0 bridgehead atoms. The van der Waals surface area contributed by atoms with Crippen molar-refractivity contribution < 1.29 is 19.1 Å². The molecule has 3 rings (SSSR count). The van der Waals surface area contributed by atoms with Crippen LogP contribution in [0.4, 0.5) is 0 Å². The summed E-state index contributed by atoms with van der Waals surface area (Å²) in [6.07, 6.45) is 2.14. The molecule has 1 aliphatic rings. The number of carbonyl (C=O) groups excluding carboxylic acids is 3. The lowest BCUT2D eigenvalue weighted by Gasteiger charge is -2.17. The van der Waals surface area contributed by atoms with Gasteiger partial charge in [0.05, 0.1) is 13.7 Å². The Balaban J connectivity index is 1.53. The molecule has 168 valence electrons. The molecule has 0 heterocycles. The highest BCUT2D eigenvalue weighted by molar-refractivity contribution is 5.97. The third kappa shape index (κ3) is 8.17. The number of methoxy groups -OCH3 is 1. The SMILES string of the molecule is COC(=O)C(CNC(=O)CNC1CC1)NC(=O)c1ccc(C#CC#Cc2ccccc2)cc1. The third-order valence-corrected chi connectivity index (χ3v) is 4.82. The Kier molecular flexibility index (Phi) is 8.64. The van der Waals surface area contributed by atoms with Crippen LogP contribution in [0.5, 0.6) is 0 Å². The minimum atomic E-state index is -1.000. The Bertz CT molecular complexity index is 1100. The van der Waals surface area contributed by atoms with Crippen molar-refractivity contribution in [3.8, 4) is 23.7 Å². The molecule has 0 aliphatic heterocycles. The molecule has 1 fully saturated rings. The van der Waals surface area contributed by atoms with Gasteiger partial charge in [-0.25, -0.2) is 4.79 Å². The maximum absolute atomic E-state index is 12.6. The lowest BCUT2D eigenvalue weighted by atomic mass is 10.1. The van der Waals surface area contributed by atoms with Crippen molar-refractivity contribution in [3.05, 3.63) is 71.3 Å². The fourth-order valence-electron chi connectivity index (χ4n) is 2.81. The van der Waals surface area contributed by atoms with Crippen molar-refractivity contribution in [1.29, 1.82) is 0 Å². The Labute approximate surface area is 193 Å². The number of hydrogen-bond donors (Lipinski definition) is 3. The van der Waals surface area contributed by atoms with E-state index in [1.54, 1.807) is 24.3 Å². The number of carbonyl (C=O) groups is 3. The van der Waals surface area contributed by atoms with Gasteiger partial charge in [0.25, 0.3) is 5.91 Å². The quantitative estimate of drug-likeness (QED) is 0.421. The second-order valence-corrected chi connectivity index (χ2v) is 7.45. The Morgan fingerprint density at radius 1 is 0.970 bits per heavy atom. The van der Waals surface area contributed by atoms with Gasteiger partial charge in [0.1, 0.15) is 6.04 Å². The highest BCUT2D eigenvalue weighted by Gasteiger charge is 2.24. The Hall–Kier alpha value is -4.07. The predicted octanol–water partition coefficient (Wildman–Crippen LogP) is 1.23. The summed E-state index contributed by atoms with van der Waals surface area (Å²) in [4.78, 5) is 36.5. The molecule has 2 amide bonds. The molecular weight excluding hydrogens is 418 g/mol. The van der Waals surface area contributed by atoms with E-state index in [9.17, 15) is 14.4 Å². The molecule has 7 heteroatoms. The largest absolute Gasteiger partial charge is 0.467 e. The summed E-state index contributed by atoms with van der Waals surface area (Å²) in [6.45, 7) is 0.109. The molecule has 0 radical (unpaired) electrons. The summed E-state index contributed by atoms with van der Waals surface area (Å²) in [7, 11) is 1.23. The average Bonchev–Trinajstić information content (AvgIpc) is 3.68. The van der Waals surface area contributed by atoms with Crippen LogP contribution in [0.3, 0.4) is 0 Å². The first-order valence-corrected chi connectivity index (χ1v) is 10.6. The van der Waals surface area contributed by atoms with Crippen LogP contribution in [-0.4, -0.2) is 50.1 Å². The zero-order chi connectivity index (χ0) is 23.5. The van der Waals surface area contributed by atoms with Crippen LogP contribution in [0.2, 0.25) is 0 Å². The summed E-state index contributed by atoms with van der Waals surface area (Å²) in [5.74, 6) is 10.1. The molecule has 3 N–H and O–H groups in total. The van der Waals surface area contributed by atoms with Gasteiger partial charge in [-0.2, -0.15) is 0 Å². The van der Waals surface area contributed by atoms with Gasteiger partial charge in [-0.15, -0.1) is 0 Å². The van der Waals surface area contributed by atoms with Gasteiger partial charge in [0, 0.05) is 29.3 Å². The molecule has 0 aromatic heterocycles. The molecule has 1 aliphatic carbocycles. The van der Waals surface area contributed by atoms with Crippen molar-refractivity contribution in [2.24, 2.45) is 0 Å². The molecule has 2 aromatic rings. The Morgan fingerprint density at radius 3 is 2.21 bits per heavy atom. The number of rotatable bonds is 8. The Morgan fingerprint density at radius 2 is 1.61 bits per heavy atom. The van der Waals surface area contributed by atoms with Crippen LogP contribution in [0.25, 0.3) is 0 Å². The van der Waals surface area contributed by atoms with E-state index in [0.717, 1.165) is 18.4 Å². The van der Waals surface area contributed by atoms with Crippen LogP contribution in [-0.2, 0) is 14.3 Å². The van der Waals surface area contributed by atoms with Crippen molar-refractivity contribution >= 4 is 17.8 Å². The molecule has 7 nitrogen and oxygen atoms in total. The van der Waals surface area contributed by atoms with Gasteiger partial charge in [0.2, 0.25) is 5.91 Å². The van der Waals surface area contributed by atoms with Crippen LogP contribution >= 0.6 is 0 Å². The first kappa shape index (κ1) is 23.6. The monoisotopic (exact) mass is 443 g/mol. The summed E-state index contributed by atoms with van der Waals surface area (Å²) in [5, 5.41) is 8.33. The number of benzene rings is 2. The second-order valence-electron chi connectivity index (χ2n) is 7.45. The average molecular weight is 444 g/mol. The van der Waals surface area contributed by atoms with Gasteiger partial charge in [-0.05, 0) is 61.1 Å². The van der Waals surface area contributed by atoms with Crippen LogP contribution < -0.4 is 16.0 Å². The summed E-state index contributed by atoms with van der Waals surface area (Å²) >= 11 is 0. The topological polar surface area (TPSA) is 96.5 Å². The first-order valence-electron chi connectivity index (χ1n) is 10.6. The van der Waals surface area contributed by atoms with Gasteiger partial charge >= 0.3 is 5.97 Å². The van der Waals surface area contributed by atoms with E-state index in [2.05, 4.69) is 39.6 Å². The van der Waals surface area contributed by atoms with E-state index in [1.165, 1.54) is 7.11 Å². The third-order valence-electron chi connectivity index (χ3n) is 4.82. The standard InChI is InChI=1S/C26H25N3O4/c1-33-26(32)23(17-28-24(30)18-27-22-15-16-22)29-25(31)21-13-11-20(12-14-21)10-6-5-9-19-7-3-2-4-8-19/h2-4,7-8,11-14,22-23,27H,15-18H2,1H3,(H,28,30)(H,29,31). The fourth-order valence-corrected chi connectivity index (χ4v) is 2.81. The minimum absolute atomic E-state index is 0.0623. The molecular formula is C26H25N3O4.